The second-order valence-corrected chi connectivity index (χ2v) is 8.69. The Morgan fingerprint density at radius 3 is 2.48 bits per heavy atom. The fraction of sp³-hybridized carbons (Fsp3) is 0.643. The molecule has 1 saturated heterocycles. The van der Waals surface area contributed by atoms with Gasteiger partial charge in [0, 0.05) is 31.1 Å². The lowest BCUT2D eigenvalue weighted by Crippen LogP contribution is -2.51. The van der Waals surface area contributed by atoms with Crippen molar-refractivity contribution in [2.24, 2.45) is 0 Å². The molecule has 0 aliphatic carbocycles. The topological polar surface area (TPSA) is 64.4 Å². The van der Waals surface area contributed by atoms with Crippen molar-refractivity contribution in [1.82, 2.24) is 9.21 Å². The van der Waals surface area contributed by atoms with Crippen molar-refractivity contribution >= 4 is 21.4 Å². The van der Waals surface area contributed by atoms with E-state index in [4.69, 9.17) is 0 Å². The van der Waals surface area contributed by atoms with E-state index in [0.29, 0.717) is 30.4 Å². The quantitative estimate of drug-likeness (QED) is 0.830. The maximum atomic E-state index is 12.5. The van der Waals surface area contributed by atoms with E-state index < -0.39 is 10.0 Å². The summed E-state index contributed by atoms with van der Waals surface area (Å²) in [7, 11) is -3.37. The van der Waals surface area contributed by atoms with E-state index in [1.54, 1.807) is 6.07 Å². The van der Waals surface area contributed by atoms with Crippen LogP contribution < -0.4 is 0 Å². The lowest BCUT2D eigenvalue weighted by Gasteiger charge is -2.35. The Hall–Kier alpha value is -0.940. The SMILES string of the molecule is CCCC(C#N)N1CCN(S(=O)(=O)c2ccc(C)s2)CC1. The van der Waals surface area contributed by atoms with Crippen molar-refractivity contribution in [2.75, 3.05) is 26.2 Å². The van der Waals surface area contributed by atoms with Crippen LogP contribution in [-0.4, -0.2) is 49.8 Å². The van der Waals surface area contributed by atoms with Gasteiger partial charge in [0.1, 0.15) is 4.21 Å². The fourth-order valence-electron chi connectivity index (χ4n) is 2.54. The third kappa shape index (κ3) is 3.64. The normalized spacial score (nSPS) is 19.3. The second kappa shape index (κ2) is 6.88. The summed E-state index contributed by atoms with van der Waals surface area (Å²) in [5, 5.41) is 9.19. The van der Waals surface area contributed by atoms with Crippen LogP contribution in [0.1, 0.15) is 24.6 Å². The molecule has 1 atom stereocenters. The number of piperazine rings is 1. The molecule has 2 heterocycles. The van der Waals surface area contributed by atoms with Crippen molar-refractivity contribution in [3.05, 3.63) is 17.0 Å². The highest BCUT2D eigenvalue weighted by atomic mass is 32.2. The van der Waals surface area contributed by atoms with Gasteiger partial charge in [-0.1, -0.05) is 13.3 Å². The number of rotatable bonds is 5. The Bertz CT molecular complexity index is 610. The summed E-state index contributed by atoms with van der Waals surface area (Å²) >= 11 is 1.31. The summed E-state index contributed by atoms with van der Waals surface area (Å²) in [6.07, 6.45) is 1.80. The summed E-state index contributed by atoms with van der Waals surface area (Å²) in [5.41, 5.74) is 0. The molecule has 0 N–H and O–H groups in total. The largest absolute Gasteiger partial charge is 0.285 e. The third-order valence-electron chi connectivity index (χ3n) is 3.73. The van der Waals surface area contributed by atoms with Gasteiger partial charge in [0.05, 0.1) is 12.1 Å². The van der Waals surface area contributed by atoms with Crippen molar-refractivity contribution in [3.8, 4) is 6.07 Å². The van der Waals surface area contributed by atoms with Crippen molar-refractivity contribution < 1.29 is 8.42 Å². The number of hydrogen-bond donors (Lipinski definition) is 0. The Kier molecular flexibility index (Phi) is 5.38. The summed E-state index contributed by atoms with van der Waals surface area (Å²) in [5.74, 6) is 0. The van der Waals surface area contributed by atoms with Gasteiger partial charge in [-0.3, -0.25) is 4.90 Å². The smallest absolute Gasteiger partial charge is 0.252 e. The number of thiophene rings is 1. The number of sulfonamides is 1. The Morgan fingerprint density at radius 1 is 1.33 bits per heavy atom. The van der Waals surface area contributed by atoms with Crippen LogP contribution in [0.3, 0.4) is 0 Å². The maximum absolute atomic E-state index is 12.5. The summed E-state index contributed by atoms with van der Waals surface area (Å²) < 4.78 is 27.0. The Labute approximate surface area is 130 Å². The van der Waals surface area contributed by atoms with Crippen LogP contribution in [0.15, 0.2) is 16.3 Å². The summed E-state index contributed by atoms with van der Waals surface area (Å²) in [6.45, 7) is 6.14. The average Bonchev–Trinajstić information content (AvgIpc) is 2.92. The van der Waals surface area contributed by atoms with Gasteiger partial charge >= 0.3 is 0 Å². The van der Waals surface area contributed by atoms with Gasteiger partial charge in [-0.25, -0.2) is 8.42 Å². The molecule has 1 aromatic rings. The fourth-order valence-corrected chi connectivity index (χ4v) is 5.40. The minimum absolute atomic E-state index is 0.0937. The first-order valence-electron chi connectivity index (χ1n) is 7.19. The molecule has 0 spiro atoms. The van der Waals surface area contributed by atoms with Crippen LogP contribution in [0.4, 0.5) is 0 Å². The first-order chi connectivity index (χ1) is 9.98. The molecule has 0 bridgehead atoms. The number of nitriles is 1. The molecule has 1 aliphatic rings. The van der Waals surface area contributed by atoms with E-state index in [2.05, 4.69) is 17.9 Å². The summed E-state index contributed by atoms with van der Waals surface area (Å²) in [4.78, 5) is 3.09. The molecule has 1 fully saturated rings. The molecule has 0 amide bonds. The molecule has 1 unspecified atom stereocenters. The highest BCUT2D eigenvalue weighted by molar-refractivity contribution is 7.91. The molecule has 0 radical (unpaired) electrons. The molecule has 1 aromatic heterocycles. The van der Waals surface area contributed by atoms with Gasteiger partial charge < -0.3 is 0 Å². The van der Waals surface area contributed by atoms with E-state index in [9.17, 15) is 13.7 Å². The first kappa shape index (κ1) is 16.4. The molecule has 0 saturated carbocycles. The maximum Gasteiger partial charge on any atom is 0.252 e. The molecule has 5 nitrogen and oxygen atoms in total. The van der Waals surface area contributed by atoms with E-state index in [0.717, 1.165) is 17.7 Å². The number of nitrogens with zero attached hydrogens (tertiary/aromatic N) is 3. The molecule has 7 heteroatoms. The number of aryl methyl sites for hydroxylation is 1. The highest BCUT2D eigenvalue weighted by Gasteiger charge is 2.31. The molecule has 1 aliphatic heterocycles. The minimum Gasteiger partial charge on any atom is -0.285 e. The molecular formula is C14H21N3O2S2. The number of hydrogen-bond acceptors (Lipinski definition) is 5. The average molecular weight is 327 g/mol. The zero-order chi connectivity index (χ0) is 15.5. The third-order valence-corrected chi connectivity index (χ3v) is 7.10. The van der Waals surface area contributed by atoms with Gasteiger partial charge in [0.25, 0.3) is 10.0 Å². The van der Waals surface area contributed by atoms with Gasteiger partial charge in [-0.05, 0) is 25.5 Å². The predicted molar refractivity (Wildman–Crippen MR) is 83.7 cm³/mol. The lowest BCUT2D eigenvalue weighted by atomic mass is 10.1. The second-order valence-electron chi connectivity index (χ2n) is 5.24. The van der Waals surface area contributed by atoms with Gasteiger partial charge in [-0.15, -0.1) is 11.3 Å². The van der Waals surface area contributed by atoms with E-state index in [1.165, 1.54) is 15.6 Å². The van der Waals surface area contributed by atoms with E-state index in [-0.39, 0.29) is 6.04 Å². The Morgan fingerprint density at radius 2 is 2.00 bits per heavy atom. The van der Waals surface area contributed by atoms with Crippen LogP contribution in [0.5, 0.6) is 0 Å². The van der Waals surface area contributed by atoms with E-state index in [1.807, 2.05) is 13.0 Å². The molecule has 2 rings (SSSR count). The minimum atomic E-state index is -3.37. The first-order valence-corrected chi connectivity index (χ1v) is 9.45. The van der Waals surface area contributed by atoms with Crippen LogP contribution in [0, 0.1) is 18.3 Å². The zero-order valence-corrected chi connectivity index (χ0v) is 14.1. The van der Waals surface area contributed by atoms with Crippen molar-refractivity contribution in [1.29, 1.82) is 5.26 Å². The molecular weight excluding hydrogens is 306 g/mol. The van der Waals surface area contributed by atoms with Crippen LogP contribution >= 0.6 is 11.3 Å². The van der Waals surface area contributed by atoms with Gasteiger partial charge in [0.2, 0.25) is 0 Å². The highest BCUT2D eigenvalue weighted by Crippen LogP contribution is 2.25. The van der Waals surface area contributed by atoms with Crippen LogP contribution in [-0.2, 0) is 10.0 Å². The van der Waals surface area contributed by atoms with Gasteiger partial charge in [-0.2, -0.15) is 9.57 Å². The molecule has 21 heavy (non-hydrogen) atoms. The molecule has 116 valence electrons. The van der Waals surface area contributed by atoms with Gasteiger partial charge in [0.15, 0.2) is 0 Å². The predicted octanol–water partition coefficient (Wildman–Crippen LogP) is 2.06. The lowest BCUT2D eigenvalue weighted by molar-refractivity contribution is 0.156. The summed E-state index contributed by atoms with van der Waals surface area (Å²) in [6, 6.07) is 5.74. The zero-order valence-electron chi connectivity index (χ0n) is 12.4. The van der Waals surface area contributed by atoms with Crippen LogP contribution in [0.25, 0.3) is 0 Å². The standard InChI is InChI=1S/C14H21N3O2S2/c1-3-4-13(11-15)16-7-9-17(10-8-16)21(18,19)14-6-5-12(2)20-14/h5-6,13H,3-4,7-10H2,1-2H3. The Balaban J connectivity index is 2.02. The van der Waals surface area contributed by atoms with Crippen molar-refractivity contribution in [3.63, 3.8) is 0 Å². The molecule has 0 aromatic carbocycles. The van der Waals surface area contributed by atoms with Crippen LogP contribution in [0.2, 0.25) is 0 Å². The van der Waals surface area contributed by atoms with E-state index >= 15 is 0 Å². The monoisotopic (exact) mass is 327 g/mol. The van der Waals surface area contributed by atoms with Crippen molar-refractivity contribution in [2.45, 2.75) is 36.9 Å².